The predicted octanol–water partition coefficient (Wildman–Crippen LogP) is -0.205. The fourth-order valence-corrected chi connectivity index (χ4v) is 3.84. The number of amides is 1. The number of aliphatic hydroxyl groups excluding tert-OH is 3. The van der Waals surface area contributed by atoms with Gasteiger partial charge in [-0.05, 0) is 12.8 Å². The van der Waals surface area contributed by atoms with Gasteiger partial charge in [0.15, 0.2) is 11.9 Å². The lowest BCUT2D eigenvalue weighted by molar-refractivity contribution is -0.119. The Bertz CT molecular complexity index is 1120. The molecule has 3 heterocycles. The highest BCUT2D eigenvalue weighted by atomic mass is 16.6. The summed E-state index contributed by atoms with van der Waals surface area (Å²) in [5.41, 5.74) is 1.67. The molecule has 1 aliphatic heterocycles. The summed E-state index contributed by atoms with van der Waals surface area (Å²) in [5, 5.41) is 41.3. The van der Waals surface area contributed by atoms with E-state index in [0.717, 1.165) is 18.4 Å². The largest absolute Gasteiger partial charge is 0.394 e. The first-order valence-corrected chi connectivity index (χ1v) is 10.5. The fourth-order valence-electron chi connectivity index (χ4n) is 3.84. The fraction of sp³-hybridized carbons (Fsp3) is 0.429. The van der Waals surface area contributed by atoms with Gasteiger partial charge in [-0.25, -0.2) is 14.6 Å². The van der Waals surface area contributed by atoms with E-state index in [1.807, 2.05) is 30.3 Å². The second-order valence-corrected chi connectivity index (χ2v) is 8.00. The van der Waals surface area contributed by atoms with Gasteiger partial charge in [0.25, 0.3) is 0 Å². The van der Waals surface area contributed by atoms with Crippen LogP contribution in [0.4, 0.5) is 5.82 Å². The minimum atomic E-state index is -1.31. The summed E-state index contributed by atoms with van der Waals surface area (Å²) >= 11 is 0. The van der Waals surface area contributed by atoms with E-state index in [2.05, 4.69) is 25.7 Å². The van der Waals surface area contributed by atoms with Crippen molar-refractivity contribution in [3.63, 3.8) is 0 Å². The van der Waals surface area contributed by atoms with Gasteiger partial charge in [0, 0.05) is 11.6 Å². The number of anilines is 1. The molecule has 0 unspecified atom stereocenters. The number of aliphatic hydroxyl groups is 3. The third kappa shape index (κ3) is 3.79. The van der Waals surface area contributed by atoms with Gasteiger partial charge < -0.3 is 30.7 Å². The Morgan fingerprint density at radius 1 is 1.16 bits per heavy atom. The molecule has 11 nitrogen and oxygen atoms in total. The monoisotopic (exact) mass is 440 g/mol. The molecule has 0 radical (unpaired) electrons. The quantitative estimate of drug-likeness (QED) is 0.336. The molecule has 1 amide bonds. The predicted molar refractivity (Wildman–Crippen MR) is 113 cm³/mol. The average molecular weight is 440 g/mol. The van der Waals surface area contributed by atoms with Crippen LogP contribution in [-0.2, 0) is 9.53 Å². The Morgan fingerprint density at radius 3 is 2.62 bits per heavy atom. The molecule has 1 aliphatic carbocycles. The van der Waals surface area contributed by atoms with E-state index in [4.69, 9.17) is 4.74 Å². The standard InChI is InChI=1S/C21H24N6O5/c28-9-13-17(30)18(31)21(32-13)27-20-15(16(26-27)11-4-2-1-3-5-11)19(23-10-24-20)22-8-14(29)25-12-6-7-12/h1-5,10,12-13,17-18,21,28,30-31H,6-9H2,(H,25,29)(H,22,23,24)/t13-,17-,18-,21-/m1/s1. The van der Waals surface area contributed by atoms with Crippen LogP contribution in [0.1, 0.15) is 19.1 Å². The number of carbonyl (C=O) groups excluding carboxylic acids is 1. The van der Waals surface area contributed by atoms with Crippen LogP contribution in [-0.4, -0.2) is 78.5 Å². The first kappa shape index (κ1) is 20.8. The van der Waals surface area contributed by atoms with E-state index in [1.54, 1.807) is 0 Å². The highest BCUT2D eigenvalue weighted by Crippen LogP contribution is 2.36. The van der Waals surface area contributed by atoms with Crippen molar-refractivity contribution in [2.24, 2.45) is 0 Å². The van der Waals surface area contributed by atoms with Gasteiger partial charge in [-0.1, -0.05) is 30.3 Å². The summed E-state index contributed by atoms with van der Waals surface area (Å²) in [7, 11) is 0. The second-order valence-electron chi connectivity index (χ2n) is 8.00. The molecule has 2 fully saturated rings. The second kappa shape index (κ2) is 8.43. The number of nitrogens with one attached hydrogen (secondary N) is 2. The first-order chi connectivity index (χ1) is 15.6. The molecule has 0 spiro atoms. The molecule has 1 aromatic carbocycles. The maximum absolute atomic E-state index is 12.2. The van der Waals surface area contributed by atoms with Gasteiger partial charge in [0.1, 0.15) is 36.2 Å². The number of fused-ring (bicyclic) bond motifs is 1. The molecule has 11 heteroatoms. The van der Waals surface area contributed by atoms with Crippen molar-refractivity contribution in [1.82, 2.24) is 25.1 Å². The zero-order chi connectivity index (χ0) is 22.2. The van der Waals surface area contributed by atoms with E-state index < -0.39 is 31.1 Å². The van der Waals surface area contributed by atoms with Crippen molar-refractivity contribution >= 4 is 22.8 Å². The number of rotatable bonds is 7. The van der Waals surface area contributed by atoms with Crippen molar-refractivity contribution in [2.75, 3.05) is 18.5 Å². The van der Waals surface area contributed by atoms with Crippen molar-refractivity contribution in [1.29, 1.82) is 0 Å². The lowest BCUT2D eigenvalue weighted by Gasteiger charge is -2.15. The third-order valence-corrected chi connectivity index (χ3v) is 5.65. The molecule has 1 saturated heterocycles. The Labute approximate surface area is 183 Å². The molecule has 168 valence electrons. The number of hydrogen-bond acceptors (Lipinski definition) is 9. The van der Waals surface area contributed by atoms with Crippen LogP contribution < -0.4 is 10.6 Å². The van der Waals surface area contributed by atoms with Crippen LogP contribution in [0.15, 0.2) is 36.7 Å². The molecule has 32 heavy (non-hydrogen) atoms. The summed E-state index contributed by atoms with van der Waals surface area (Å²) in [5.74, 6) is 0.286. The SMILES string of the molecule is O=C(CNc1ncnc2c1c(-c1ccccc1)nn2[C@@H]1O[C@H](CO)[C@@H](O)[C@H]1O)NC1CC1. The van der Waals surface area contributed by atoms with E-state index in [9.17, 15) is 20.1 Å². The summed E-state index contributed by atoms with van der Waals surface area (Å²) in [4.78, 5) is 20.8. The smallest absolute Gasteiger partial charge is 0.239 e. The molecule has 1 saturated carbocycles. The Morgan fingerprint density at radius 2 is 1.94 bits per heavy atom. The summed E-state index contributed by atoms with van der Waals surface area (Å²) in [6.07, 6.45) is -1.25. The van der Waals surface area contributed by atoms with Gasteiger partial charge in [-0.2, -0.15) is 5.10 Å². The van der Waals surface area contributed by atoms with Gasteiger partial charge >= 0.3 is 0 Å². The molecular weight excluding hydrogens is 416 g/mol. The minimum Gasteiger partial charge on any atom is -0.394 e. The maximum Gasteiger partial charge on any atom is 0.239 e. The molecule has 4 atom stereocenters. The first-order valence-electron chi connectivity index (χ1n) is 10.5. The van der Waals surface area contributed by atoms with Crippen molar-refractivity contribution in [2.45, 2.75) is 43.4 Å². The maximum atomic E-state index is 12.2. The van der Waals surface area contributed by atoms with E-state index in [1.165, 1.54) is 11.0 Å². The molecule has 5 N–H and O–H groups in total. The van der Waals surface area contributed by atoms with E-state index >= 15 is 0 Å². The number of benzene rings is 1. The summed E-state index contributed by atoms with van der Waals surface area (Å²) < 4.78 is 7.06. The number of hydrogen-bond donors (Lipinski definition) is 5. The van der Waals surface area contributed by atoms with Crippen LogP contribution in [0.2, 0.25) is 0 Å². The summed E-state index contributed by atoms with van der Waals surface area (Å²) in [6, 6.07) is 9.62. The van der Waals surface area contributed by atoms with Gasteiger partial charge in [-0.15, -0.1) is 0 Å². The number of ether oxygens (including phenoxy) is 1. The molecule has 2 aliphatic rings. The van der Waals surface area contributed by atoms with Gasteiger partial charge in [-0.3, -0.25) is 4.79 Å². The van der Waals surface area contributed by atoms with Crippen molar-refractivity contribution < 1.29 is 24.9 Å². The number of nitrogens with zero attached hydrogens (tertiary/aromatic N) is 4. The molecule has 0 bridgehead atoms. The third-order valence-electron chi connectivity index (χ3n) is 5.65. The highest BCUT2D eigenvalue weighted by Gasteiger charge is 2.45. The highest BCUT2D eigenvalue weighted by molar-refractivity contribution is 5.99. The molecule has 3 aromatic rings. The zero-order valence-electron chi connectivity index (χ0n) is 17.1. The van der Waals surface area contributed by atoms with Gasteiger partial charge in [0.2, 0.25) is 5.91 Å². The van der Waals surface area contributed by atoms with Crippen LogP contribution in [0, 0.1) is 0 Å². The molecular formula is C21H24N6O5. The minimum absolute atomic E-state index is 0.0376. The van der Waals surface area contributed by atoms with Crippen LogP contribution in [0.3, 0.4) is 0 Å². The molecule has 5 rings (SSSR count). The lowest BCUT2D eigenvalue weighted by Crippen LogP contribution is -2.33. The van der Waals surface area contributed by atoms with Crippen LogP contribution >= 0.6 is 0 Å². The van der Waals surface area contributed by atoms with Gasteiger partial charge in [0.05, 0.1) is 18.5 Å². The van der Waals surface area contributed by atoms with E-state index in [0.29, 0.717) is 22.5 Å². The van der Waals surface area contributed by atoms with Crippen LogP contribution in [0.25, 0.3) is 22.3 Å². The topological polar surface area (TPSA) is 155 Å². The number of carbonyl (C=O) groups is 1. The zero-order valence-corrected chi connectivity index (χ0v) is 17.1. The molecule has 2 aromatic heterocycles. The van der Waals surface area contributed by atoms with Crippen molar-refractivity contribution in [3.05, 3.63) is 36.7 Å². The Kier molecular flexibility index (Phi) is 5.47. The van der Waals surface area contributed by atoms with Crippen molar-refractivity contribution in [3.8, 4) is 11.3 Å². The lowest BCUT2D eigenvalue weighted by atomic mass is 10.1. The average Bonchev–Trinajstić information content (AvgIpc) is 3.47. The van der Waals surface area contributed by atoms with Crippen LogP contribution in [0.5, 0.6) is 0 Å². The number of aromatic nitrogens is 4. The van der Waals surface area contributed by atoms with E-state index in [-0.39, 0.29) is 18.5 Å². The summed E-state index contributed by atoms with van der Waals surface area (Å²) in [6.45, 7) is -0.409. The normalized spacial score (nSPS) is 25.2. The Hall–Kier alpha value is -3.12. The Balaban J connectivity index is 1.56.